The molecule has 1 spiro atoms. The molecule has 132 valence electrons. The van der Waals surface area contributed by atoms with Gasteiger partial charge in [0.1, 0.15) is 0 Å². The van der Waals surface area contributed by atoms with E-state index in [0.29, 0.717) is 26.1 Å². The van der Waals surface area contributed by atoms with Crippen LogP contribution >= 0.6 is 0 Å². The Labute approximate surface area is 138 Å². The van der Waals surface area contributed by atoms with Crippen LogP contribution in [0.1, 0.15) is 25.7 Å². The summed E-state index contributed by atoms with van der Waals surface area (Å²) in [5.74, 6) is 0.111. The fourth-order valence-electron chi connectivity index (χ4n) is 3.91. The zero-order valence-electron chi connectivity index (χ0n) is 13.9. The number of hydrogen-bond acceptors (Lipinski definition) is 5. The second-order valence-electron chi connectivity index (χ2n) is 6.89. The maximum atomic E-state index is 12.5. The van der Waals surface area contributed by atoms with E-state index in [4.69, 9.17) is 4.74 Å². The normalized spacial score (nSPS) is 28.8. The molecule has 7 nitrogen and oxygen atoms in total. The van der Waals surface area contributed by atoms with E-state index in [1.54, 1.807) is 0 Å². The predicted molar refractivity (Wildman–Crippen MR) is 86.6 cm³/mol. The molecule has 0 unspecified atom stereocenters. The molecule has 0 atom stereocenters. The van der Waals surface area contributed by atoms with Crippen LogP contribution < -0.4 is 0 Å². The molecule has 0 radical (unpaired) electrons. The highest BCUT2D eigenvalue weighted by Gasteiger charge is 2.39. The lowest BCUT2D eigenvalue weighted by Crippen LogP contribution is -2.50. The van der Waals surface area contributed by atoms with Crippen LogP contribution in [0.4, 0.5) is 0 Å². The number of rotatable bonds is 2. The number of carbonyl (C=O) groups is 1. The largest absolute Gasteiger partial charge is 0.381 e. The summed E-state index contributed by atoms with van der Waals surface area (Å²) < 4.78 is 30.6. The predicted octanol–water partition coefficient (Wildman–Crippen LogP) is -0.265. The number of hydrogen-bond donors (Lipinski definition) is 0. The Morgan fingerprint density at radius 3 is 2.48 bits per heavy atom. The van der Waals surface area contributed by atoms with Gasteiger partial charge in [-0.05, 0) is 32.7 Å². The van der Waals surface area contributed by atoms with E-state index in [1.807, 2.05) is 4.90 Å². The monoisotopic (exact) mass is 345 g/mol. The van der Waals surface area contributed by atoms with Gasteiger partial charge in [-0.3, -0.25) is 9.69 Å². The minimum atomic E-state index is -3.21. The summed E-state index contributed by atoms with van der Waals surface area (Å²) in [5.41, 5.74) is 0.132. The Morgan fingerprint density at radius 1 is 1.09 bits per heavy atom. The zero-order chi connectivity index (χ0) is 16.5. The topological polar surface area (TPSA) is 70.2 Å². The molecule has 3 aliphatic rings. The van der Waals surface area contributed by atoms with Crippen molar-refractivity contribution in [2.45, 2.75) is 31.2 Å². The molecule has 0 aromatic rings. The van der Waals surface area contributed by atoms with Gasteiger partial charge >= 0.3 is 0 Å². The SMILES string of the molecule is CN1CCN(C(=O)CN2CCCS2(=O)=O)CCC12CCOCC2. The van der Waals surface area contributed by atoms with Crippen molar-refractivity contribution >= 4 is 15.9 Å². The highest BCUT2D eigenvalue weighted by Crippen LogP contribution is 2.32. The number of ether oxygens (including phenoxy) is 1. The zero-order valence-corrected chi connectivity index (χ0v) is 14.7. The van der Waals surface area contributed by atoms with E-state index in [2.05, 4.69) is 11.9 Å². The molecular formula is C15H27N3O4S. The number of carbonyl (C=O) groups excluding carboxylic acids is 1. The molecular weight excluding hydrogens is 318 g/mol. The van der Waals surface area contributed by atoms with Crippen LogP contribution in [0.15, 0.2) is 0 Å². The number of nitrogens with zero attached hydrogens (tertiary/aromatic N) is 3. The van der Waals surface area contributed by atoms with Gasteiger partial charge in [0.05, 0.1) is 12.3 Å². The van der Waals surface area contributed by atoms with E-state index < -0.39 is 10.0 Å². The van der Waals surface area contributed by atoms with E-state index in [-0.39, 0.29) is 23.7 Å². The van der Waals surface area contributed by atoms with E-state index in [1.165, 1.54) is 4.31 Å². The third kappa shape index (κ3) is 3.55. The maximum absolute atomic E-state index is 12.5. The van der Waals surface area contributed by atoms with E-state index in [9.17, 15) is 13.2 Å². The fourth-order valence-corrected chi connectivity index (χ4v) is 5.37. The Balaban J connectivity index is 1.62. The van der Waals surface area contributed by atoms with Crippen LogP contribution in [-0.4, -0.2) is 92.7 Å². The lowest BCUT2D eigenvalue weighted by atomic mass is 9.85. The number of likely N-dealkylation sites (N-methyl/N-ethyl adjacent to an activating group) is 1. The average molecular weight is 345 g/mol. The molecule has 0 saturated carbocycles. The van der Waals surface area contributed by atoms with Gasteiger partial charge in [-0.25, -0.2) is 8.42 Å². The van der Waals surface area contributed by atoms with Gasteiger partial charge in [0.2, 0.25) is 15.9 Å². The number of sulfonamides is 1. The quantitative estimate of drug-likeness (QED) is 0.689. The first-order valence-corrected chi connectivity index (χ1v) is 10.1. The molecule has 8 heteroatoms. The first-order chi connectivity index (χ1) is 10.9. The summed E-state index contributed by atoms with van der Waals surface area (Å²) in [6.07, 6.45) is 3.57. The molecule has 0 bridgehead atoms. The van der Waals surface area contributed by atoms with Crippen LogP contribution in [0.2, 0.25) is 0 Å². The highest BCUT2D eigenvalue weighted by molar-refractivity contribution is 7.89. The second-order valence-corrected chi connectivity index (χ2v) is 8.98. The third-order valence-electron chi connectivity index (χ3n) is 5.65. The smallest absolute Gasteiger partial charge is 0.237 e. The van der Waals surface area contributed by atoms with Gasteiger partial charge in [-0.15, -0.1) is 0 Å². The van der Waals surface area contributed by atoms with Crippen LogP contribution in [0.25, 0.3) is 0 Å². The van der Waals surface area contributed by atoms with Gasteiger partial charge in [0, 0.05) is 44.9 Å². The Bertz CT molecular complexity index is 545. The standard InChI is InChI=1S/C15H27N3O4S/c1-16-8-9-17(7-3-15(16)4-10-22-11-5-15)14(19)13-18-6-2-12-23(18,20)21/h2-13H2,1H3. The highest BCUT2D eigenvalue weighted by atomic mass is 32.2. The fraction of sp³-hybridized carbons (Fsp3) is 0.933. The van der Waals surface area contributed by atoms with Crippen molar-refractivity contribution < 1.29 is 17.9 Å². The summed E-state index contributed by atoms with van der Waals surface area (Å²) in [6, 6.07) is 0. The van der Waals surface area contributed by atoms with Crippen molar-refractivity contribution in [2.24, 2.45) is 0 Å². The van der Waals surface area contributed by atoms with Gasteiger partial charge in [0.15, 0.2) is 0 Å². The maximum Gasteiger partial charge on any atom is 0.237 e. The van der Waals surface area contributed by atoms with Crippen LogP contribution in [-0.2, 0) is 19.6 Å². The van der Waals surface area contributed by atoms with Crippen LogP contribution in [0.3, 0.4) is 0 Å². The molecule has 3 saturated heterocycles. The van der Waals surface area contributed by atoms with Crippen molar-refractivity contribution in [1.82, 2.24) is 14.1 Å². The molecule has 0 aliphatic carbocycles. The summed E-state index contributed by atoms with van der Waals surface area (Å²) in [7, 11) is -1.08. The van der Waals surface area contributed by atoms with Crippen molar-refractivity contribution in [3.63, 3.8) is 0 Å². The average Bonchev–Trinajstić information content (AvgIpc) is 2.77. The van der Waals surface area contributed by atoms with Gasteiger partial charge in [-0.2, -0.15) is 4.31 Å². The molecule has 0 N–H and O–H groups in total. The number of amides is 1. The molecule has 0 aromatic heterocycles. The third-order valence-corrected chi connectivity index (χ3v) is 7.56. The first kappa shape index (κ1) is 17.1. The molecule has 0 aromatic carbocycles. The summed E-state index contributed by atoms with van der Waals surface area (Å²) >= 11 is 0. The molecule has 3 aliphatic heterocycles. The minimum Gasteiger partial charge on any atom is -0.381 e. The van der Waals surface area contributed by atoms with Crippen LogP contribution in [0.5, 0.6) is 0 Å². The molecule has 3 rings (SSSR count). The Kier molecular flexibility index (Phi) is 4.96. The van der Waals surface area contributed by atoms with Crippen LogP contribution in [0, 0.1) is 0 Å². The molecule has 1 amide bonds. The lowest BCUT2D eigenvalue weighted by Gasteiger charge is -2.43. The summed E-state index contributed by atoms with van der Waals surface area (Å²) in [5, 5.41) is 0. The minimum absolute atomic E-state index is 0.00214. The van der Waals surface area contributed by atoms with E-state index in [0.717, 1.165) is 39.0 Å². The Hall–Kier alpha value is -0.700. The van der Waals surface area contributed by atoms with Crippen molar-refractivity contribution in [1.29, 1.82) is 0 Å². The van der Waals surface area contributed by atoms with E-state index >= 15 is 0 Å². The molecule has 23 heavy (non-hydrogen) atoms. The summed E-state index contributed by atoms with van der Waals surface area (Å²) in [4.78, 5) is 16.8. The molecule has 3 heterocycles. The summed E-state index contributed by atoms with van der Waals surface area (Å²) in [6.45, 7) is 4.25. The first-order valence-electron chi connectivity index (χ1n) is 8.48. The second kappa shape index (κ2) is 6.66. The van der Waals surface area contributed by atoms with Gasteiger partial charge < -0.3 is 9.64 Å². The lowest BCUT2D eigenvalue weighted by molar-refractivity contribution is -0.131. The Morgan fingerprint density at radius 2 is 1.83 bits per heavy atom. The van der Waals surface area contributed by atoms with Gasteiger partial charge in [-0.1, -0.05) is 0 Å². The van der Waals surface area contributed by atoms with Crippen molar-refractivity contribution in [3.05, 3.63) is 0 Å². The van der Waals surface area contributed by atoms with Crippen molar-refractivity contribution in [3.8, 4) is 0 Å². The van der Waals surface area contributed by atoms with Crippen molar-refractivity contribution in [2.75, 3.05) is 58.7 Å². The molecule has 3 fully saturated rings. The van der Waals surface area contributed by atoms with Gasteiger partial charge in [0.25, 0.3) is 0 Å².